The molecular formula is C15H20N2O. The van der Waals surface area contributed by atoms with Crippen LogP contribution in [0.1, 0.15) is 31.2 Å². The molecule has 2 aliphatic carbocycles. The zero-order valence-electron chi connectivity index (χ0n) is 10.6. The summed E-state index contributed by atoms with van der Waals surface area (Å²) in [6, 6.07) is 8.62. The molecule has 2 aliphatic rings. The van der Waals surface area contributed by atoms with Gasteiger partial charge in [-0.1, -0.05) is 31.0 Å². The molecule has 3 atom stereocenters. The van der Waals surface area contributed by atoms with Crippen molar-refractivity contribution >= 4 is 11.6 Å². The number of carbonyl (C=O) groups is 1. The molecule has 0 bridgehead atoms. The summed E-state index contributed by atoms with van der Waals surface area (Å²) in [6.45, 7) is 0. The molecule has 2 saturated carbocycles. The number of hydrogen-bond donors (Lipinski definition) is 2. The van der Waals surface area contributed by atoms with Crippen molar-refractivity contribution in [3.05, 3.63) is 29.8 Å². The maximum atomic E-state index is 11.1. The highest BCUT2D eigenvalue weighted by Gasteiger charge is 2.45. The number of amides is 1. The molecule has 3 nitrogen and oxygen atoms in total. The van der Waals surface area contributed by atoms with Crippen LogP contribution in [0.4, 0.5) is 5.69 Å². The zero-order chi connectivity index (χ0) is 12.5. The van der Waals surface area contributed by atoms with Gasteiger partial charge in [-0.05, 0) is 36.3 Å². The van der Waals surface area contributed by atoms with Crippen molar-refractivity contribution in [2.45, 2.75) is 38.1 Å². The smallest absolute Gasteiger partial charge is 0.221 e. The molecule has 3 rings (SSSR count). The molecule has 1 amide bonds. The number of fused-ring (bicyclic) bond motifs is 1. The van der Waals surface area contributed by atoms with Crippen LogP contribution in [0.5, 0.6) is 0 Å². The highest BCUT2D eigenvalue weighted by molar-refractivity contribution is 5.78. The first-order valence-electron chi connectivity index (χ1n) is 6.87. The van der Waals surface area contributed by atoms with Gasteiger partial charge >= 0.3 is 0 Å². The lowest BCUT2D eigenvalue weighted by Crippen LogP contribution is -2.26. The van der Waals surface area contributed by atoms with Crippen molar-refractivity contribution in [2.24, 2.45) is 17.6 Å². The minimum atomic E-state index is -0.266. The third kappa shape index (κ3) is 2.35. The minimum absolute atomic E-state index is 0.266. The van der Waals surface area contributed by atoms with E-state index in [-0.39, 0.29) is 5.91 Å². The standard InChI is InChI=1S/C15H20N2O/c16-15(18)9-11-4-1-2-6-13(11)17-14-7-3-5-10-8-12(10)14/h1-2,4,6,10,12,14,17H,3,5,7-9H2,(H2,16,18). The number of carbonyl (C=O) groups excluding carboxylic acids is 1. The second-order valence-corrected chi connectivity index (χ2v) is 5.64. The average Bonchev–Trinajstić information content (AvgIpc) is 3.11. The third-order valence-electron chi connectivity index (χ3n) is 4.31. The second-order valence-electron chi connectivity index (χ2n) is 5.64. The number of anilines is 1. The first-order chi connectivity index (χ1) is 8.74. The van der Waals surface area contributed by atoms with Crippen LogP contribution in [-0.2, 0) is 11.2 Å². The Kier molecular flexibility index (Phi) is 2.98. The molecule has 0 aliphatic heterocycles. The van der Waals surface area contributed by atoms with Gasteiger partial charge in [0, 0.05) is 11.7 Å². The Hall–Kier alpha value is -1.51. The summed E-state index contributed by atoms with van der Waals surface area (Å²) >= 11 is 0. The normalized spacial score (nSPS) is 29.4. The molecule has 3 N–H and O–H groups in total. The van der Waals surface area contributed by atoms with E-state index in [4.69, 9.17) is 5.73 Å². The summed E-state index contributed by atoms with van der Waals surface area (Å²) < 4.78 is 0. The Morgan fingerprint density at radius 1 is 1.33 bits per heavy atom. The largest absolute Gasteiger partial charge is 0.382 e. The molecule has 18 heavy (non-hydrogen) atoms. The van der Waals surface area contributed by atoms with Crippen LogP contribution < -0.4 is 11.1 Å². The van der Waals surface area contributed by atoms with E-state index in [1.807, 2.05) is 18.2 Å². The van der Waals surface area contributed by atoms with E-state index in [0.29, 0.717) is 12.5 Å². The molecule has 3 unspecified atom stereocenters. The molecule has 96 valence electrons. The number of nitrogens with one attached hydrogen (secondary N) is 1. The van der Waals surface area contributed by atoms with Gasteiger partial charge < -0.3 is 11.1 Å². The highest BCUT2D eigenvalue weighted by atomic mass is 16.1. The fraction of sp³-hybridized carbons (Fsp3) is 0.533. The Labute approximate surface area is 108 Å². The van der Waals surface area contributed by atoms with Gasteiger partial charge in [0.15, 0.2) is 0 Å². The van der Waals surface area contributed by atoms with E-state index >= 15 is 0 Å². The first-order valence-corrected chi connectivity index (χ1v) is 6.87. The zero-order valence-corrected chi connectivity index (χ0v) is 10.6. The van der Waals surface area contributed by atoms with Gasteiger partial charge in [0.2, 0.25) is 5.91 Å². The van der Waals surface area contributed by atoms with Crippen LogP contribution in [0.3, 0.4) is 0 Å². The number of benzene rings is 1. The summed E-state index contributed by atoms with van der Waals surface area (Å²) in [5, 5.41) is 3.64. The lowest BCUT2D eigenvalue weighted by Gasteiger charge is -2.25. The van der Waals surface area contributed by atoms with Crippen LogP contribution in [0.2, 0.25) is 0 Å². The van der Waals surface area contributed by atoms with Crippen molar-refractivity contribution in [1.82, 2.24) is 0 Å². The minimum Gasteiger partial charge on any atom is -0.382 e. The van der Waals surface area contributed by atoms with E-state index in [1.165, 1.54) is 25.7 Å². The molecule has 0 aromatic heterocycles. The van der Waals surface area contributed by atoms with Gasteiger partial charge in [0.1, 0.15) is 0 Å². The molecule has 0 saturated heterocycles. The number of primary amides is 1. The third-order valence-corrected chi connectivity index (χ3v) is 4.31. The number of hydrogen-bond acceptors (Lipinski definition) is 2. The molecular weight excluding hydrogens is 224 g/mol. The highest BCUT2D eigenvalue weighted by Crippen LogP contribution is 2.50. The van der Waals surface area contributed by atoms with Crippen LogP contribution in [0.25, 0.3) is 0 Å². The maximum absolute atomic E-state index is 11.1. The Bertz CT molecular complexity index is 458. The van der Waals surface area contributed by atoms with Gasteiger partial charge in [-0.15, -0.1) is 0 Å². The summed E-state index contributed by atoms with van der Waals surface area (Å²) in [5.41, 5.74) is 7.41. The SMILES string of the molecule is NC(=O)Cc1ccccc1NC1CCCC2CC21. The first kappa shape index (κ1) is 11.6. The fourth-order valence-corrected chi connectivity index (χ4v) is 3.29. The summed E-state index contributed by atoms with van der Waals surface area (Å²) in [7, 11) is 0. The summed E-state index contributed by atoms with van der Waals surface area (Å²) in [4.78, 5) is 11.1. The average molecular weight is 244 g/mol. The van der Waals surface area contributed by atoms with Gasteiger partial charge in [0.25, 0.3) is 0 Å². The molecule has 0 radical (unpaired) electrons. The van der Waals surface area contributed by atoms with Gasteiger partial charge in [-0.3, -0.25) is 4.79 Å². The maximum Gasteiger partial charge on any atom is 0.221 e. The van der Waals surface area contributed by atoms with Crippen molar-refractivity contribution in [3.8, 4) is 0 Å². The van der Waals surface area contributed by atoms with Crippen molar-refractivity contribution in [2.75, 3.05) is 5.32 Å². The monoisotopic (exact) mass is 244 g/mol. The van der Waals surface area contributed by atoms with Crippen LogP contribution in [-0.4, -0.2) is 11.9 Å². The summed E-state index contributed by atoms with van der Waals surface area (Å²) in [5.74, 6) is 1.55. The van der Waals surface area contributed by atoms with Crippen LogP contribution in [0.15, 0.2) is 24.3 Å². The topological polar surface area (TPSA) is 55.1 Å². The van der Waals surface area contributed by atoms with E-state index in [2.05, 4.69) is 11.4 Å². The molecule has 1 aromatic rings. The van der Waals surface area contributed by atoms with Crippen LogP contribution >= 0.6 is 0 Å². The van der Waals surface area contributed by atoms with E-state index in [1.54, 1.807) is 0 Å². The van der Waals surface area contributed by atoms with Gasteiger partial charge in [0.05, 0.1) is 6.42 Å². The fourth-order valence-electron chi connectivity index (χ4n) is 3.29. The van der Waals surface area contributed by atoms with E-state index < -0.39 is 0 Å². The van der Waals surface area contributed by atoms with Crippen LogP contribution in [0, 0.1) is 11.8 Å². The molecule has 2 fully saturated rings. The number of nitrogens with two attached hydrogens (primary N) is 1. The lowest BCUT2D eigenvalue weighted by molar-refractivity contribution is -0.117. The Morgan fingerprint density at radius 3 is 3.00 bits per heavy atom. The molecule has 0 heterocycles. The van der Waals surface area contributed by atoms with E-state index in [0.717, 1.165) is 23.1 Å². The quantitative estimate of drug-likeness (QED) is 0.854. The summed E-state index contributed by atoms with van der Waals surface area (Å²) in [6.07, 6.45) is 5.70. The predicted molar refractivity (Wildman–Crippen MR) is 72.2 cm³/mol. The van der Waals surface area contributed by atoms with Gasteiger partial charge in [-0.2, -0.15) is 0 Å². The Morgan fingerprint density at radius 2 is 2.17 bits per heavy atom. The van der Waals surface area contributed by atoms with E-state index in [9.17, 15) is 4.79 Å². The molecule has 1 aromatic carbocycles. The molecule has 3 heteroatoms. The van der Waals surface area contributed by atoms with Crippen molar-refractivity contribution in [3.63, 3.8) is 0 Å². The predicted octanol–water partition coefficient (Wildman–Crippen LogP) is 2.31. The number of para-hydroxylation sites is 1. The molecule has 0 spiro atoms. The number of rotatable bonds is 4. The van der Waals surface area contributed by atoms with Gasteiger partial charge in [-0.25, -0.2) is 0 Å². The van der Waals surface area contributed by atoms with Crippen molar-refractivity contribution in [1.29, 1.82) is 0 Å². The second kappa shape index (κ2) is 4.63. The Balaban J connectivity index is 1.73. The van der Waals surface area contributed by atoms with Crippen molar-refractivity contribution < 1.29 is 4.79 Å². The lowest BCUT2D eigenvalue weighted by atomic mass is 9.95.